The van der Waals surface area contributed by atoms with Crippen molar-refractivity contribution in [1.82, 2.24) is 10.6 Å². The molecule has 0 saturated heterocycles. The van der Waals surface area contributed by atoms with Crippen LogP contribution in [0.4, 0.5) is 0 Å². The molecule has 1 amide bonds. The summed E-state index contributed by atoms with van der Waals surface area (Å²) in [6.45, 7) is 7.69. The van der Waals surface area contributed by atoms with Gasteiger partial charge in [0.2, 0.25) is 5.91 Å². The Balaban J connectivity index is 3.34. The van der Waals surface area contributed by atoms with Crippen LogP contribution in [-0.4, -0.2) is 38.3 Å². The predicted molar refractivity (Wildman–Crippen MR) is 61.9 cm³/mol. The molecule has 0 aromatic rings. The number of nitrogens with one attached hydrogen (secondary N) is 2. The summed E-state index contributed by atoms with van der Waals surface area (Å²) >= 11 is 0. The van der Waals surface area contributed by atoms with Crippen molar-refractivity contribution in [3.63, 3.8) is 0 Å². The first kappa shape index (κ1) is 14.4. The molecule has 0 unspecified atom stereocenters. The first-order valence-corrected chi connectivity index (χ1v) is 5.51. The number of rotatable bonds is 7. The minimum atomic E-state index is -0.247. The van der Waals surface area contributed by atoms with E-state index in [1.165, 1.54) is 0 Å². The Labute approximate surface area is 92.8 Å². The van der Waals surface area contributed by atoms with Crippen LogP contribution in [0.1, 0.15) is 33.6 Å². The molecule has 0 aliphatic rings. The fourth-order valence-electron chi connectivity index (χ4n) is 0.988. The highest BCUT2D eigenvalue weighted by molar-refractivity contribution is 5.77. The second-order valence-electron chi connectivity index (χ2n) is 4.56. The molecule has 0 fully saturated rings. The molecule has 0 heterocycles. The largest absolute Gasteiger partial charge is 0.366 e. The Morgan fingerprint density at radius 3 is 2.33 bits per heavy atom. The Kier molecular flexibility index (Phi) is 7.34. The zero-order valence-electron chi connectivity index (χ0n) is 10.4. The van der Waals surface area contributed by atoms with Crippen molar-refractivity contribution in [2.75, 3.05) is 26.7 Å². The molecule has 0 saturated carbocycles. The Morgan fingerprint density at radius 2 is 1.80 bits per heavy atom. The molecule has 0 radical (unpaired) electrons. The number of hydrogen-bond acceptors (Lipinski definition) is 3. The first-order valence-electron chi connectivity index (χ1n) is 5.51. The normalized spacial score (nSPS) is 11.5. The van der Waals surface area contributed by atoms with Crippen LogP contribution in [0, 0.1) is 0 Å². The van der Waals surface area contributed by atoms with Crippen LogP contribution >= 0.6 is 0 Å². The standard InChI is InChI=1S/C11H24N2O2/c1-11(2,3)15-9-10(14)13-8-6-5-7-12-4/h12H,5-9H2,1-4H3,(H,13,14). The summed E-state index contributed by atoms with van der Waals surface area (Å²) in [4.78, 5) is 11.3. The van der Waals surface area contributed by atoms with Gasteiger partial charge in [-0.1, -0.05) is 0 Å². The monoisotopic (exact) mass is 216 g/mol. The van der Waals surface area contributed by atoms with Crippen LogP contribution < -0.4 is 10.6 Å². The summed E-state index contributed by atoms with van der Waals surface area (Å²) in [7, 11) is 1.93. The molecular formula is C11H24N2O2. The average Bonchev–Trinajstić information content (AvgIpc) is 2.13. The minimum Gasteiger partial charge on any atom is -0.366 e. The molecule has 4 heteroatoms. The summed E-state index contributed by atoms with van der Waals surface area (Å²) in [6, 6.07) is 0. The highest BCUT2D eigenvalue weighted by atomic mass is 16.5. The maximum Gasteiger partial charge on any atom is 0.246 e. The lowest BCUT2D eigenvalue weighted by Gasteiger charge is -2.18. The molecule has 0 bridgehead atoms. The van der Waals surface area contributed by atoms with E-state index in [1.807, 2.05) is 27.8 Å². The number of carbonyl (C=O) groups is 1. The zero-order chi connectivity index (χ0) is 11.7. The summed E-state index contributed by atoms with van der Waals surface area (Å²) in [5.74, 6) is -0.0330. The Morgan fingerprint density at radius 1 is 1.20 bits per heavy atom. The summed E-state index contributed by atoms with van der Waals surface area (Å²) in [5.41, 5.74) is -0.247. The van der Waals surface area contributed by atoms with Gasteiger partial charge in [-0.2, -0.15) is 0 Å². The average molecular weight is 216 g/mol. The maximum absolute atomic E-state index is 11.3. The SMILES string of the molecule is CNCCCCNC(=O)COC(C)(C)C. The second kappa shape index (κ2) is 7.65. The van der Waals surface area contributed by atoms with Crippen molar-refractivity contribution in [2.45, 2.75) is 39.2 Å². The second-order valence-corrected chi connectivity index (χ2v) is 4.56. The predicted octanol–water partition coefficient (Wildman–Crippen LogP) is 0.917. The van der Waals surface area contributed by atoms with E-state index in [0.717, 1.165) is 25.9 Å². The van der Waals surface area contributed by atoms with Gasteiger partial charge in [-0.05, 0) is 47.2 Å². The molecule has 0 aromatic carbocycles. The summed E-state index contributed by atoms with van der Waals surface area (Å²) in [5, 5.41) is 5.89. The van der Waals surface area contributed by atoms with Crippen LogP contribution in [-0.2, 0) is 9.53 Å². The third-order valence-electron chi connectivity index (χ3n) is 1.81. The Bertz CT molecular complexity index is 176. The molecule has 0 aromatic heterocycles. The van der Waals surface area contributed by atoms with Gasteiger partial charge in [0.05, 0.1) is 5.60 Å². The van der Waals surface area contributed by atoms with E-state index in [1.54, 1.807) is 0 Å². The van der Waals surface area contributed by atoms with Crippen molar-refractivity contribution in [3.8, 4) is 0 Å². The van der Waals surface area contributed by atoms with Gasteiger partial charge in [-0.3, -0.25) is 4.79 Å². The summed E-state index contributed by atoms with van der Waals surface area (Å²) in [6.07, 6.45) is 2.08. The molecule has 0 rings (SSSR count). The fourth-order valence-corrected chi connectivity index (χ4v) is 0.988. The topological polar surface area (TPSA) is 50.4 Å². The van der Waals surface area contributed by atoms with Gasteiger partial charge in [0, 0.05) is 6.54 Å². The number of ether oxygens (including phenoxy) is 1. The van der Waals surface area contributed by atoms with Crippen molar-refractivity contribution >= 4 is 5.91 Å². The van der Waals surface area contributed by atoms with Gasteiger partial charge < -0.3 is 15.4 Å². The fraction of sp³-hybridized carbons (Fsp3) is 0.909. The van der Waals surface area contributed by atoms with E-state index < -0.39 is 0 Å². The molecule has 4 nitrogen and oxygen atoms in total. The lowest BCUT2D eigenvalue weighted by Crippen LogP contribution is -2.32. The zero-order valence-corrected chi connectivity index (χ0v) is 10.4. The first-order chi connectivity index (χ1) is 6.95. The van der Waals surface area contributed by atoms with Crippen LogP contribution in [0.2, 0.25) is 0 Å². The quantitative estimate of drug-likeness (QED) is 0.622. The highest BCUT2D eigenvalue weighted by Gasteiger charge is 2.12. The number of unbranched alkanes of at least 4 members (excludes halogenated alkanes) is 1. The van der Waals surface area contributed by atoms with Gasteiger partial charge in [0.15, 0.2) is 0 Å². The van der Waals surface area contributed by atoms with Gasteiger partial charge in [-0.15, -0.1) is 0 Å². The molecule has 2 N–H and O–H groups in total. The number of amides is 1. The minimum absolute atomic E-state index is 0.0330. The van der Waals surface area contributed by atoms with Crippen molar-refractivity contribution in [1.29, 1.82) is 0 Å². The van der Waals surface area contributed by atoms with Crippen LogP contribution in [0.5, 0.6) is 0 Å². The van der Waals surface area contributed by atoms with E-state index in [9.17, 15) is 4.79 Å². The molecule has 0 aliphatic heterocycles. The van der Waals surface area contributed by atoms with E-state index >= 15 is 0 Å². The van der Waals surface area contributed by atoms with Crippen LogP contribution in [0.15, 0.2) is 0 Å². The van der Waals surface area contributed by atoms with Crippen LogP contribution in [0.25, 0.3) is 0 Å². The molecule has 15 heavy (non-hydrogen) atoms. The third kappa shape index (κ3) is 11.3. The van der Waals surface area contributed by atoms with E-state index in [2.05, 4.69) is 10.6 Å². The number of hydrogen-bond donors (Lipinski definition) is 2. The molecule has 0 spiro atoms. The van der Waals surface area contributed by atoms with Gasteiger partial charge in [0.1, 0.15) is 6.61 Å². The highest BCUT2D eigenvalue weighted by Crippen LogP contribution is 2.05. The summed E-state index contributed by atoms with van der Waals surface area (Å²) < 4.78 is 5.34. The van der Waals surface area contributed by atoms with Gasteiger partial charge in [0.25, 0.3) is 0 Å². The molecule has 0 aliphatic carbocycles. The lowest BCUT2D eigenvalue weighted by molar-refractivity contribution is -0.130. The lowest BCUT2D eigenvalue weighted by atomic mass is 10.2. The van der Waals surface area contributed by atoms with Gasteiger partial charge in [-0.25, -0.2) is 0 Å². The number of carbonyl (C=O) groups excluding carboxylic acids is 1. The smallest absolute Gasteiger partial charge is 0.246 e. The van der Waals surface area contributed by atoms with Crippen molar-refractivity contribution < 1.29 is 9.53 Å². The van der Waals surface area contributed by atoms with Crippen molar-refractivity contribution in [2.24, 2.45) is 0 Å². The van der Waals surface area contributed by atoms with Gasteiger partial charge >= 0.3 is 0 Å². The third-order valence-corrected chi connectivity index (χ3v) is 1.81. The molecule has 0 atom stereocenters. The molecular weight excluding hydrogens is 192 g/mol. The Hall–Kier alpha value is -0.610. The van der Waals surface area contributed by atoms with Crippen LogP contribution in [0.3, 0.4) is 0 Å². The van der Waals surface area contributed by atoms with E-state index in [0.29, 0.717) is 0 Å². The van der Waals surface area contributed by atoms with Crippen molar-refractivity contribution in [3.05, 3.63) is 0 Å². The van der Waals surface area contributed by atoms with E-state index in [-0.39, 0.29) is 18.1 Å². The maximum atomic E-state index is 11.3. The van der Waals surface area contributed by atoms with E-state index in [4.69, 9.17) is 4.74 Å². The molecule has 90 valence electrons.